The van der Waals surface area contributed by atoms with E-state index in [0.717, 1.165) is 9.35 Å². The topological polar surface area (TPSA) is 38.3 Å². The molecule has 0 saturated heterocycles. The van der Waals surface area contributed by atoms with Crippen molar-refractivity contribution in [3.05, 3.63) is 49.6 Å². The second-order valence-electron chi connectivity index (χ2n) is 4.18. The molecule has 0 aliphatic rings. The molecule has 1 amide bonds. The average Bonchev–Trinajstić information content (AvgIpc) is 2.86. The Balaban J connectivity index is 2.15. The lowest BCUT2D eigenvalue weighted by atomic mass is 10.2. The second-order valence-corrected chi connectivity index (χ2v) is 6.78. The molecule has 1 heterocycles. The van der Waals surface area contributed by atoms with Crippen LogP contribution in [0.15, 0.2) is 34.8 Å². The molecule has 2 rings (SSSR count). The van der Waals surface area contributed by atoms with Gasteiger partial charge in [0.15, 0.2) is 0 Å². The summed E-state index contributed by atoms with van der Waals surface area (Å²) >= 11 is 10.7. The highest BCUT2D eigenvalue weighted by Gasteiger charge is 2.16. The van der Waals surface area contributed by atoms with Gasteiger partial charge >= 0.3 is 0 Å². The molecule has 0 bridgehead atoms. The van der Waals surface area contributed by atoms with Crippen molar-refractivity contribution in [3.8, 4) is 5.75 Å². The number of carbonyl (C=O) groups is 1. The Morgan fingerprint density at radius 3 is 2.75 bits per heavy atom. The maximum Gasteiger partial charge on any atom is 0.253 e. The van der Waals surface area contributed by atoms with Gasteiger partial charge in [0.1, 0.15) is 5.75 Å². The third-order valence-electron chi connectivity index (χ3n) is 2.79. The summed E-state index contributed by atoms with van der Waals surface area (Å²) in [6.45, 7) is 1.92. The normalized spacial score (nSPS) is 12.0. The molecule has 1 atom stereocenters. The Kier molecular flexibility index (Phi) is 5.07. The Morgan fingerprint density at radius 1 is 1.40 bits per heavy atom. The van der Waals surface area contributed by atoms with Crippen LogP contribution in [0.25, 0.3) is 0 Å². The number of ether oxygens (including phenoxy) is 1. The quantitative estimate of drug-likeness (QED) is 0.845. The minimum atomic E-state index is -0.159. The first-order valence-corrected chi connectivity index (χ1v) is 7.89. The Morgan fingerprint density at radius 2 is 2.15 bits per heavy atom. The van der Waals surface area contributed by atoms with Gasteiger partial charge in [-0.2, -0.15) is 0 Å². The van der Waals surface area contributed by atoms with Gasteiger partial charge in [-0.05, 0) is 53.2 Å². The SMILES string of the molecule is COc1ccc(Br)c(C(=O)N[C@H](C)c2ccc(Cl)s2)c1. The summed E-state index contributed by atoms with van der Waals surface area (Å²) < 4.78 is 6.58. The standard InChI is InChI=1S/C14H13BrClNO2S/c1-8(12-5-6-13(16)20-12)17-14(18)10-7-9(19-2)3-4-11(10)15/h3-8H,1-2H3,(H,17,18)/t8-/m1/s1. The maximum atomic E-state index is 12.3. The summed E-state index contributed by atoms with van der Waals surface area (Å²) in [5.41, 5.74) is 0.541. The van der Waals surface area contributed by atoms with Crippen molar-refractivity contribution in [3.63, 3.8) is 0 Å². The number of carbonyl (C=O) groups excluding carboxylic acids is 1. The number of hydrogen-bond acceptors (Lipinski definition) is 3. The van der Waals surface area contributed by atoms with Crippen LogP contribution >= 0.6 is 38.9 Å². The van der Waals surface area contributed by atoms with Gasteiger partial charge in [0.25, 0.3) is 5.91 Å². The summed E-state index contributed by atoms with van der Waals surface area (Å²) in [5, 5.41) is 2.95. The molecule has 3 nitrogen and oxygen atoms in total. The Labute approximate surface area is 135 Å². The predicted molar refractivity (Wildman–Crippen MR) is 85.9 cm³/mol. The molecule has 0 spiro atoms. The first-order chi connectivity index (χ1) is 9.51. The third kappa shape index (κ3) is 3.53. The van der Waals surface area contributed by atoms with Crippen LogP contribution in [0.3, 0.4) is 0 Å². The average molecular weight is 375 g/mol. The molecular formula is C14H13BrClNO2S. The molecule has 0 unspecified atom stereocenters. The number of amides is 1. The molecule has 1 N–H and O–H groups in total. The highest BCUT2D eigenvalue weighted by molar-refractivity contribution is 9.10. The predicted octanol–water partition coefficient (Wildman–Crippen LogP) is 4.66. The van der Waals surface area contributed by atoms with Crippen LogP contribution < -0.4 is 10.1 Å². The molecule has 6 heteroatoms. The van der Waals surface area contributed by atoms with E-state index in [1.54, 1.807) is 25.3 Å². The summed E-state index contributed by atoms with van der Waals surface area (Å²) in [5.74, 6) is 0.484. The molecule has 2 aromatic rings. The lowest BCUT2D eigenvalue weighted by Gasteiger charge is -2.13. The zero-order chi connectivity index (χ0) is 14.7. The van der Waals surface area contributed by atoms with Crippen LogP contribution in [0.1, 0.15) is 28.2 Å². The van der Waals surface area contributed by atoms with Crippen molar-refractivity contribution < 1.29 is 9.53 Å². The summed E-state index contributed by atoms with van der Waals surface area (Å²) in [6, 6.07) is 8.93. The minimum Gasteiger partial charge on any atom is -0.497 e. The van der Waals surface area contributed by atoms with Gasteiger partial charge in [0, 0.05) is 9.35 Å². The fourth-order valence-corrected chi connectivity index (χ4v) is 3.20. The van der Waals surface area contributed by atoms with Crippen LogP contribution in [0.4, 0.5) is 0 Å². The zero-order valence-electron chi connectivity index (χ0n) is 10.9. The van der Waals surface area contributed by atoms with Crippen molar-refractivity contribution >= 4 is 44.8 Å². The van der Waals surface area contributed by atoms with E-state index in [4.69, 9.17) is 16.3 Å². The highest BCUT2D eigenvalue weighted by atomic mass is 79.9. The van der Waals surface area contributed by atoms with Gasteiger partial charge in [-0.1, -0.05) is 11.6 Å². The van der Waals surface area contributed by atoms with Crippen LogP contribution in [0.2, 0.25) is 4.34 Å². The first-order valence-electron chi connectivity index (χ1n) is 5.91. The largest absolute Gasteiger partial charge is 0.497 e. The van der Waals surface area contributed by atoms with E-state index < -0.39 is 0 Å². The lowest BCUT2D eigenvalue weighted by Crippen LogP contribution is -2.26. The number of rotatable bonds is 4. The number of thiophene rings is 1. The molecule has 106 valence electrons. The van der Waals surface area contributed by atoms with Crippen molar-refractivity contribution in [1.29, 1.82) is 0 Å². The van der Waals surface area contributed by atoms with E-state index in [0.29, 0.717) is 15.6 Å². The van der Waals surface area contributed by atoms with E-state index in [-0.39, 0.29) is 11.9 Å². The molecule has 0 aliphatic carbocycles. The van der Waals surface area contributed by atoms with Gasteiger partial charge in [0.2, 0.25) is 0 Å². The summed E-state index contributed by atoms with van der Waals surface area (Å²) in [7, 11) is 1.57. The number of nitrogens with one attached hydrogen (secondary N) is 1. The summed E-state index contributed by atoms with van der Waals surface area (Å²) in [4.78, 5) is 13.3. The van der Waals surface area contributed by atoms with Crippen molar-refractivity contribution in [1.82, 2.24) is 5.32 Å². The van der Waals surface area contributed by atoms with Gasteiger partial charge in [-0.3, -0.25) is 4.79 Å². The summed E-state index contributed by atoms with van der Waals surface area (Å²) in [6.07, 6.45) is 0. The Hall–Kier alpha value is -1.04. The Bertz CT molecular complexity index is 629. The van der Waals surface area contributed by atoms with Crippen LogP contribution in [0, 0.1) is 0 Å². The van der Waals surface area contributed by atoms with Gasteiger partial charge in [-0.25, -0.2) is 0 Å². The highest BCUT2D eigenvalue weighted by Crippen LogP contribution is 2.28. The van der Waals surface area contributed by atoms with Crippen molar-refractivity contribution in [2.24, 2.45) is 0 Å². The molecule has 1 aromatic heterocycles. The molecule has 0 saturated carbocycles. The van der Waals surface area contributed by atoms with E-state index in [1.165, 1.54) is 11.3 Å². The lowest BCUT2D eigenvalue weighted by molar-refractivity contribution is 0.0939. The molecular weight excluding hydrogens is 362 g/mol. The van der Waals surface area contributed by atoms with Crippen LogP contribution in [-0.2, 0) is 0 Å². The third-order valence-corrected chi connectivity index (χ3v) is 4.89. The van der Waals surface area contributed by atoms with Crippen molar-refractivity contribution in [2.45, 2.75) is 13.0 Å². The molecule has 20 heavy (non-hydrogen) atoms. The monoisotopic (exact) mass is 373 g/mol. The molecule has 0 fully saturated rings. The van der Waals surface area contributed by atoms with E-state index in [9.17, 15) is 4.79 Å². The van der Waals surface area contributed by atoms with E-state index in [2.05, 4.69) is 21.2 Å². The zero-order valence-corrected chi connectivity index (χ0v) is 14.1. The van der Waals surface area contributed by atoms with Crippen LogP contribution in [-0.4, -0.2) is 13.0 Å². The molecule has 0 radical (unpaired) electrons. The minimum absolute atomic E-state index is 0.0990. The fourth-order valence-electron chi connectivity index (χ4n) is 1.71. The number of halogens is 2. The van der Waals surface area contributed by atoms with Gasteiger partial charge < -0.3 is 10.1 Å². The van der Waals surface area contributed by atoms with Crippen molar-refractivity contribution in [2.75, 3.05) is 7.11 Å². The first kappa shape index (κ1) is 15.4. The van der Waals surface area contributed by atoms with E-state index in [1.807, 2.05) is 19.1 Å². The second kappa shape index (κ2) is 6.61. The molecule has 1 aromatic carbocycles. The number of methoxy groups -OCH3 is 1. The number of benzene rings is 1. The van der Waals surface area contributed by atoms with Gasteiger partial charge in [-0.15, -0.1) is 11.3 Å². The number of hydrogen-bond donors (Lipinski definition) is 1. The smallest absolute Gasteiger partial charge is 0.253 e. The van der Waals surface area contributed by atoms with Gasteiger partial charge in [0.05, 0.1) is 23.1 Å². The van der Waals surface area contributed by atoms with Crippen LogP contribution in [0.5, 0.6) is 5.75 Å². The molecule has 0 aliphatic heterocycles. The maximum absolute atomic E-state index is 12.3. The fraction of sp³-hybridized carbons (Fsp3) is 0.214. The van der Waals surface area contributed by atoms with E-state index >= 15 is 0 Å².